The second kappa shape index (κ2) is 10.4. The van der Waals surface area contributed by atoms with Crippen molar-refractivity contribution in [1.82, 2.24) is 9.88 Å². The minimum atomic E-state index is -3.33. The highest BCUT2D eigenvalue weighted by atomic mass is 32.1. The van der Waals surface area contributed by atoms with Crippen LogP contribution < -0.4 is 4.90 Å². The molecule has 0 radical (unpaired) electrons. The summed E-state index contributed by atoms with van der Waals surface area (Å²) in [5, 5.41) is 12.8. The van der Waals surface area contributed by atoms with Gasteiger partial charge in [0.1, 0.15) is 9.88 Å². The first-order chi connectivity index (χ1) is 18.3. The predicted molar refractivity (Wildman–Crippen MR) is 143 cm³/mol. The second-order valence-electron chi connectivity index (χ2n) is 9.28. The van der Waals surface area contributed by atoms with Crippen LogP contribution in [0.5, 0.6) is 0 Å². The normalized spacial score (nSPS) is 18.2. The van der Waals surface area contributed by atoms with Crippen molar-refractivity contribution in [3.8, 4) is 10.6 Å². The first-order valence-corrected chi connectivity index (χ1v) is 13.1. The van der Waals surface area contributed by atoms with E-state index in [0.717, 1.165) is 11.6 Å². The van der Waals surface area contributed by atoms with Gasteiger partial charge in [0.25, 0.3) is 11.8 Å². The van der Waals surface area contributed by atoms with E-state index in [4.69, 9.17) is 5.21 Å². The minimum absolute atomic E-state index is 0.150. The molecule has 196 valence electrons. The number of anilines is 1. The van der Waals surface area contributed by atoms with E-state index in [0.29, 0.717) is 39.8 Å². The van der Waals surface area contributed by atoms with E-state index in [2.05, 4.69) is 10.1 Å². The number of hydrogen-bond donors (Lipinski definition) is 1. The van der Waals surface area contributed by atoms with Crippen LogP contribution in [0.3, 0.4) is 0 Å². The van der Waals surface area contributed by atoms with Gasteiger partial charge >= 0.3 is 0 Å². The largest absolute Gasteiger partial charge is 0.411 e. The zero-order valence-corrected chi connectivity index (χ0v) is 21.5. The van der Waals surface area contributed by atoms with E-state index in [1.165, 1.54) is 27.2 Å². The second-order valence-corrected chi connectivity index (χ2v) is 10.3. The third-order valence-corrected chi connectivity index (χ3v) is 8.04. The molecule has 3 heterocycles. The van der Waals surface area contributed by atoms with Gasteiger partial charge in [-0.05, 0) is 13.0 Å². The summed E-state index contributed by atoms with van der Waals surface area (Å²) in [6, 6.07) is 15.9. The summed E-state index contributed by atoms with van der Waals surface area (Å²) in [6.07, 6.45) is 1.15. The van der Waals surface area contributed by atoms with Gasteiger partial charge in [0, 0.05) is 61.7 Å². The molecule has 5 rings (SSSR count). The Morgan fingerprint density at radius 3 is 2.45 bits per heavy atom. The van der Waals surface area contributed by atoms with Crippen molar-refractivity contribution in [3.63, 3.8) is 0 Å². The smallest absolute Gasteiger partial charge is 0.275 e. The van der Waals surface area contributed by atoms with E-state index in [1.54, 1.807) is 25.1 Å². The number of para-hydroxylation sites is 1. The number of halogens is 2. The molecular formula is C28H26F2N4O3S. The van der Waals surface area contributed by atoms with Crippen molar-refractivity contribution >= 4 is 40.1 Å². The monoisotopic (exact) mass is 536 g/mol. The lowest BCUT2D eigenvalue weighted by Crippen LogP contribution is -2.38. The Bertz CT molecular complexity index is 1420. The van der Waals surface area contributed by atoms with E-state index < -0.39 is 29.7 Å². The Hall–Kier alpha value is -3.92. The Kier molecular flexibility index (Phi) is 7.07. The van der Waals surface area contributed by atoms with Gasteiger partial charge in [-0.15, -0.1) is 11.3 Å². The molecule has 2 amide bonds. The number of allylic oxidation sites excluding steroid dienone is 1. The number of fused-ring (bicyclic) bond motifs is 1. The number of oxime groups is 1. The fourth-order valence-corrected chi connectivity index (χ4v) is 5.78. The molecule has 1 fully saturated rings. The summed E-state index contributed by atoms with van der Waals surface area (Å²) in [7, 11) is 0. The zero-order chi connectivity index (χ0) is 26.9. The quantitative estimate of drug-likeness (QED) is 0.267. The maximum Gasteiger partial charge on any atom is 0.275 e. The van der Waals surface area contributed by atoms with Crippen molar-refractivity contribution in [2.75, 3.05) is 24.5 Å². The van der Waals surface area contributed by atoms with Gasteiger partial charge in [-0.1, -0.05) is 53.7 Å². The number of carbonyl (C=O) groups is 2. The van der Waals surface area contributed by atoms with Crippen LogP contribution in [0.15, 0.2) is 65.8 Å². The first-order valence-electron chi connectivity index (χ1n) is 12.3. The number of piperidine rings is 1. The Morgan fingerprint density at radius 2 is 1.74 bits per heavy atom. The average molecular weight is 537 g/mol. The molecule has 1 saturated heterocycles. The van der Waals surface area contributed by atoms with E-state index in [1.807, 2.05) is 30.3 Å². The molecular weight excluding hydrogens is 510 g/mol. The number of carbonyl (C=O) groups excluding carboxylic acids is 2. The molecule has 3 aromatic rings. The zero-order valence-electron chi connectivity index (χ0n) is 20.7. The number of benzene rings is 2. The number of thiazole rings is 1. The van der Waals surface area contributed by atoms with Gasteiger partial charge in [0.05, 0.1) is 17.1 Å². The average Bonchev–Trinajstić information content (AvgIpc) is 3.29. The Labute approximate surface area is 222 Å². The van der Waals surface area contributed by atoms with Crippen molar-refractivity contribution in [3.05, 3.63) is 76.8 Å². The summed E-state index contributed by atoms with van der Waals surface area (Å²) >= 11 is 1.24. The van der Waals surface area contributed by atoms with Crippen LogP contribution >= 0.6 is 11.3 Å². The molecule has 0 spiro atoms. The van der Waals surface area contributed by atoms with E-state index in [9.17, 15) is 9.59 Å². The maximum atomic E-state index is 15.6. The number of nitrogens with zero attached hydrogens (tertiary/aromatic N) is 4. The standard InChI is InChI=1S/C28H26F2N4O3S/c1-18-25(38-26(31-18)19-7-3-2-4-8-19)27(36)34-16-13-28(29,30)22(21-9-5-6-10-23(21)34)17-24(35)33-14-11-20(32-37)12-15-33/h2-10,17,37H,11-16H2,1H3/b22-17-. The van der Waals surface area contributed by atoms with Crippen LogP contribution in [0, 0.1) is 6.92 Å². The Balaban J connectivity index is 1.50. The molecule has 1 N–H and O–H groups in total. The van der Waals surface area contributed by atoms with Gasteiger partial charge in [0.15, 0.2) is 0 Å². The molecule has 0 saturated carbocycles. The number of amides is 2. The summed E-state index contributed by atoms with van der Waals surface area (Å²) in [4.78, 5) is 34.6. The number of aromatic nitrogens is 1. The fourth-order valence-electron chi connectivity index (χ4n) is 4.76. The van der Waals surface area contributed by atoms with Crippen LogP contribution in [-0.2, 0) is 4.79 Å². The highest BCUT2D eigenvalue weighted by Crippen LogP contribution is 2.44. The van der Waals surface area contributed by atoms with Crippen LogP contribution in [0.2, 0.25) is 0 Å². The summed E-state index contributed by atoms with van der Waals surface area (Å²) < 4.78 is 31.1. The van der Waals surface area contributed by atoms with Gasteiger partial charge < -0.3 is 15.0 Å². The summed E-state index contributed by atoms with van der Waals surface area (Å²) in [5.41, 5.74) is 2.07. The lowest BCUT2D eigenvalue weighted by Gasteiger charge is -2.27. The van der Waals surface area contributed by atoms with Crippen LogP contribution in [-0.4, -0.2) is 58.2 Å². The molecule has 7 nitrogen and oxygen atoms in total. The summed E-state index contributed by atoms with van der Waals surface area (Å²) in [6.45, 7) is 2.10. The Morgan fingerprint density at radius 1 is 1.05 bits per heavy atom. The van der Waals surface area contributed by atoms with Gasteiger partial charge in [-0.2, -0.15) is 0 Å². The number of alkyl halides is 2. The molecule has 2 aromatic carbocycles. The number of hydrogen-bond acceptors (Lipinski definition) is 6. The number of likely N-dealkylation sites (tertiary alicyclic amines) is 1. The van der Waals surface area contributed by atoms with Crippen molar-refractivity contribution in [1.29, 1.82) is 0 Å². The first kappa shape index (κ1) is 25.7. The topological polar surface area (TPSA) is 86.1 Å². The lowest BCUT2D eigenvalue weighted by molar-refractivity contribution is -0.126. The van der Waals surface area contributed by atoms with Crippen LogP contribution in [0.1, 0.15) is 40.2 Å². The highest BCUT2D eigenvalue weighted by Gasteiger charge is 2.42. The van der Waals surface area contributed by atoms with Gasteiger partial charge in [-0.3, -0.25) is 9.59 Å². The minimum Gasteiger partial charge on any atom is -0.411 e. The number of aryl methyl sites for hydroxylation is 1. The van der Waals surface area contributed by atoms with Crippen LogP contribution in [0.4, 0.5) is 14.5 Å². The van der Waals surface area contributed by atoms with Gasteiger partial charge in [0.2, 0.25) is 5.91 Å². The SMILES string of the molecule is Cc1nc(-c2ccccc2)sc1C(=O)N1CCC(F)(F)/C(=C\C(=O)N2CCC(=NO)CC2)c2ccccc21. The van der Waals surface area contributed by atoms with Crippen molar-refractivity contribution < 1.29 is 23.6 Å². The third kappa shape index (κ3) is 4.96. The van der Waals surface area contributed by atoms with Crippen LogP contribution in [0.25, 0.3) is 16.1 Å². The van der Waals surface area contributed by atoms with Gasteiger partial charge in [-0.25, -0.2) is 13.8 Å². The molecule has 38 heavy (non-hydrogen) atoms. The molecule has 0 bridgehead atoms. The molecule has 2 aliphatic rings. The van der Waals surface area contributed by atoms with Crippen molar-refractivity contribution in [2.45, 2.75) is 32.1 Å². The molecule has 0 aliphatic carbocycles. The molecule has 0 atom stereocenters. The fraction of sp³-hybridized carbons (Fsp3) is 0.286. The molecule has 10 heteroatoms. The maximum absolute atomic E-state index is 15.6. The highest BCUT2D eigenvalue weighted by molar-refractivity contribution is 7.17. The molecule has 1 aromatic heterocycles. The van der Waals surface area contributed by atoms with E-state index in [-0.39, 0.29) is 25.2 Å². The third-order valence-electron chi connectivity index (χ3n) is 6.85. The van der Waals surface area contributed by atoms with Crippen molar-refractivity contribution in [2.24, 2.45) is 5.16 Å². The predicted octanol–water partition coefficient (Wildman–Crippen LogP) is 5.64. The molecule has 2 aliphatic heterocycles. The lowest BCUT2D eigenvalue weighted by atomic mass is 9.96. The molecule has 0 unspecified atom stereocenters. The van der Waals surface area contributed by atoms with E-state index >= 15 is 8.78 Å². The number of rotatable bonds is 3. The summed E-state index contributed by atoms with van der Waals surface area (Å²) in [5.74, 6) is -4.26.